The molecule has 0 heterocycles. The largest absolute Gasteiger partial charge is 0.707 e. The highest BCUT2D eigenvalue weighted by atomic mass is 16.6. The zero-order chi connectivity index (χ0) is 15.9. The average molecular weight is 304 g/mol. The first kappa shape index (κ1) is 16.0. The van der Waals surface area contributed by atoms with Gasteiger partial charge in [-0.25, -0.2) is 0 Å². The van der Waals surface area contributed by atoms with Crippen LogP contribution in [0.1, 0.15) is 5.56 Å². The lowest BCUT2D eigenvalue weighted by molar-refractivity contribution is 0.261. The van der Waals surface area contributed by atoms with Gasteiger partial charge < -0.3 is 28.9 Å². The van der Waals surface area contributed by atoms with Crippen LogP contribution in [0.3, 0.4) is 0 Å². The molecule has 0 spiro atoms. The number of hydrogen-bond donors (Lipinski definition) is 2. The number of methoxy groups -OCH3 is 2. The fourth-order valence-electron chi connectivity index (χ4n) is 1.92. The third kappa shape index (κ3) is 4.06. The standard InChI is InChI=1S/C15H17BO6/c1-19-13-8-12(22-16(17)18)9-14(20-2)15(13)21-10-11-6-4-3-5-7-11/h3-9,17-18H,10H2,1-2H3. The molecule has 0 amide bonds. The highest BCUT2D eigenvalue weighted by Crippen LogP contribution is 2.41. The SMILES string of the molecule is COc1cc(OB(O)O)cc(OC)c1OCc1ccccc1. The third-order valence-corrected chi connectivity index (χ3v) is 2.90. The molecular weight excluding hydrogens is 287 g/mol. The maximum Gasteiger partial charge on any atom is 0.707 e. The molecule has 0 unspecified atom stereocenters. The zero-order valence-electron chi connectivity index (χ0n) is 12.4. The van der Waals surface area contributed by atoms with Gasteiger partial charge in [-0.1, -0.05) is 30.3 Å². The topological polar surface area (TPSA) is 77.4 Å². The quantitative estimate of drug-likeness (QED) is 0.757. The molecule has 0 bridgehead atoms. The van der Waals surface area contributed by atoms with Crippen molar-refractivity contribution in [3.05, 3.63) is 48.0 Å². The Bertz CT molecular complexity index is 577. The molecule has 116 valence electrons. The van der Waals surface area contributed by atoms with Crippen molar-refractivity contribution in [2.45, 2.75) is 6.61 Å². The summed E-state index contributed by atoms with van der Waals surface area (Å²) in [6.07, 6.45) is 0. The number of benzene rings is 2. The molecule has 0 aliphatic carbocycles. The highest BCUT2D eigenvalue weighted by Gasteiger charge is 2.18. The zero-order valence-corrected chi connectivity index (χ0v) is 12.4. The Morgan fingerprint density at radius 1 is 0.955 bits per heavy atom. The summed E-state index contributed by atoms with van der Waals surface area (Å²) >= 11 is 0. The van der Waals surface area contributed by atoms with Crippen LogP contribution in [0.25, 0.3) is 0 Å². The lowest BCUT2D eigenvalue weighted by atomic mass is 10.2. The molecule has 0 atom stereocenters. The minimum absolute atomic E-state index is 0.191. The second-order valence-corrected chi connectivity index (χ2v) is 4.38. The van der Waals surface area contributed by atoms with Crippen molar-refractivity contribution in [3.8, 4) is 23.0 Å². The van der Waals surface area contributed by atoms with Gasteiger partial charge >= 0.3 is 7.32 Å². The van der Waals surface area contributed by atoms with Crippen molar-refractivity contribution in [2.24, 2.45) is 0 Å². The van der Waals surface area contributed by atoms with Crippen molar-refractivity contribution in [3.63, 3.8) is 0 Å². The van der Waals surface area contributed by atoms with Crippen molar-refractivity contribution in [1.29, 1.82) is 0 Å². The Morgan fingerprint density at radius 3 is 2.05 bits per heavy atom. The minimum atomic E-state index is -1.93. The summed E-state index contributed by atoms with van der Waals surface area (Å²) < 4.78 is 21.1. The Labute approximate surface area is 129 Å². The van der Waals surface area contributed by atoms with Crippen molar-refractivity contribution in [2.75, 3.05) is 14.2 Å². The van der Waals surface area contributed by atoms with E-state index >= 15 is 0 Å². The molecule has 0 radical (unpaired) electrons. The first-order chi connectivity index (χ1) is 10.6. The molecule has 2 N–H and O–H groups in total. The lowest BCUT2D eigenvalue weighted by Crippen LogP contribution is -2.20. The smallest absolute Gasteiger partial charge is 0.512 e. The predicted molar refractivity (Wildman–Crippen MR) is 81.1 cm³/mol. The molecule has 0 fully saturated rings. The van der Waals surface area contributed by atoms with E-state index in [-0.39, 0.29) is 5.75 Å². The summed E-state index contributed by atoms with van der Waals surface area (Å²) in [6, 6.07) is 12.6. The molecule has 0 aliphatic rings. The van der Waals surface area contributed by atoms with Crippen LogP contribution in [-0.2, 0) is 6.61 Å². The second-order valence-electron chi connectivity index (χ2n) is 4.38. The van der Waals surface area contributed by atoms with Gasteiger partial charge in [0.15, 0.2) is 11.5 Å². The van der Waals surface area contributed by atoms with Crippen LogP contribution in [0.4, 0.5) is 0 Å². The van der Waals surface area contributed by atoms with Crippen LogP contribution < -0.4 is 18.9 Å². The molecule has 6 nitrogen and oxygen atoms in total. The Kier molecular flexibility index (Phi) is 5.51. The van der Waals surface area contributed by atoms with Crippen molar-refractivity contribution in [1.82, 2.24) is 0 Å². The Balaban J connectivity index is 2.25. The van der Waals surface area contributed by atoms with Gasteiger partial charge in [-0.3, -0.25) is 0 Å². The average Bonchev–Trinajstić information content (AvgIpc) is 2.53. The summed E-state index contributed by atoms with van der Waals surface area (Å²) in [7, 11) is 1.03. The minimum Gasteiger partial charge on any atom is -0.512 e. The molecule has 2 rings (SSSR count). The monoisotopic (exact) mass is 304 g/mol. The first-order valence-electron chi connectivity index (χ1n) is 6.59. The van der Waals surface area contributed by atoms with Gasteiger partial charge in [0.1, 0.15) is 12.4 Å². The van der Waals surface area contributed by atoms with Crippen LogP contribution in [0, 0.1) is 0 Å². The Hall–Kier alpha value is -2.38. The van der Waals surface area contributed by atoms with E-state index in [1.165, 1.54) is 26.4 Å². The van der Waals surface area contributed by atoms with E-state index in [4.69, 9.17) is 28.9 Å². The third-order valence-electron chi connectivity index (χ3n) is 2.90. The van der Waals surface area contributed by atoms with Crippen LogP contribution in [0.15, 0.2) is 42.5 Å². The molecule has 2 aromatic rings. The summed E-state index contributed by atoms with van der Waals surface area (Å²) in [5.41, 5.74) is 0.998. The lowest BCUT2D eigenvalue weighted by Gasteiger charge is -2.16. The fourth-order valence-corrected chi connectivity index (χ4v) is 1.92. The molecule has 22 heavy (non-hydrogen) atoms. The summed E-state index contributed by atoms with van der Waals surface area (Å²) in [5, 5.41) is 17.7. The van der Waals surface area contributed by atoms with E-state index in [1.807, 2.05) is 30.3 Å². The maximum atomic E-state index is 8.87. The van der Waals surface area contributed by atoms with Gasteiger partial charge in [0, 0.05) is 12.1 Å². The molecular formula is C15H17BO6. The maximum absolute atomic E-state index is 8.87. The number of rotatable bonds is 7. The molecule has 0 saturated heterocycles. The van der Waals surface area contributed by atoms with E-state index in [0.29, 0.717) is 23.9 Å². The van der Waals surface area contributed by atoms with E-state index in [0.717, 1.165) is 5.56 Å². The van der Waals surface area contributed by atoms with Crippen molar-refractivity contribution < 1.29 is 28.9 Å². The Morgan fingerprint density at radius 2 is 1.55 bits per heavy atom. The van der Waals surface area contributed by atoms with Gasteiger partial charge in [-0.05, 0) is 5.56 Å². The van der Waals surface area contributed by atoms with E-state index in [2.05, 4.69) is 0 Å². The number of hydrogen-bond acceptors (Lipinski definition) is 6. The van der Waals surface area contributed by atoms with Crippen LogP contribution in [-0.4, -0.2) is 31.6 Å². The highest BCUT2D eigenvalue weighted by molar-refractivity contribution is 6.33. The van der Waals surface area contributed by atoms with Gasteiger partial charge in [-0.2, -0.15) is 0 Å². The molecule has 0 aromatic heterocycles. The molecule has 7 heteroatoms. The van der Waals surface area contributed by atoms with E-state index < -0.39 is 7.32 Å². The van der Waals surface area contributed by atoms with Crippen molar-refractivity contribution >= 4 is 7.32 Å². The second kappa shape index (κ2) is 7.58. The van der Waals surface area contributed by atoms with Crippen LogP contribution >= 0.6 is 0 Å². The van der Waals surface area contributed by atoms with E-state index in [9.17, 15) is 0 Å². The summed E-state index contributed by atoms with van der Waals surface area (Å²) in [4.78, 5) is 0. The summed E-state index contributed by atoms with van der Waals surface area (Å²) in [5.74, 6) is 1.33. The molecule has 0 saturated carbocycles. The van der Waals surface area contributed by atoms with Crippen LogP contribution in [0.5, 0.6) is 23.0 Å². The molecule has 0 aliphatic heterocycles. The van der Waals surface area contributed by atoms with Gasteiger partial charge in [-0.15, -0.1) is 0 Å². The first-order valence-corrected chi connectivity index (χ1v) is 6.59. The normalized spacial score (nSPS) is 10.0. The number of ether oxygens (including phenoxy) is 3. The van der Waals surface area contributed by atoms with Crippen LogP contribution in [0.2, 0.25) is 0 Å². The van der Waals surface area contributed by atoms with E-state index in [1.54, 1.807) is 0 Å². The summed E-state index contributed by atoms with van der Waals surface area (Å²) in [6.45, 7) is 0.344. The van der Waals surface area contributed by atoms with Gasteiger partial charge in [0.2, 0.25) is 5.75 Å². The van der Waals surface area contributed by atoms with Gasteiger partial charge in [0.05, 0.1) is 14.2 Å². The van der Waals surface area contributed by atoms with Gasteiger partial charge in [0.25, 0.3) is 0 Å². The fraction of sp³-hybridized carbons (Fsp3) is 0.200. The predicted octanol–water partition coefficient (Wildman–Crippen LogP) is 1.63. The molecule has 2 aromatic carbocycles.